The van der Waals surface area contributed by atoms with E-state index in [4.69, 9.17) is 10.5 Å². The minimum atomic E-state index is -0.420. The average Bonchev–Trinajstić information content (AvgIpc) is 2.57. The average molecular weight is 275 g/mol. The van der Waals surface area contributed by atoms with Gasteiger partial charge in [0.15, 0.2) is 5.78 Å². The second kappa shape index (κ2) is 5.30. The molecule has 1 unspecified atom stereocenters. The molecule has 1 aliphatic rings. The molecule has 1 fully saturated rings. The first-order valence-electron chi connectivity index (χ1n) is 7.29. The summed E-state index contributed by atoms with van der Waals surface area (Å²) in [6, 6.07) is 7.78. The summed E-state index contributed by atoms with van der Waals surface area (Å²) in [6.45, 7) is 8.67. The molecule has 3 heteroatoms. The second-order valence-corrected chi connectivity index (χ2v) is 6.78. The molecule has 110 valence electrons. The van der Waals surface area contributed by atoms with Crippen LogP contribution in [0, 0.1) is 5.92 Å². The van der Waals surface area contributed by atoms with Gasteiger partial charge in [0.2, 0.25) is 0 Å². The van der Waals surface area contributed by atoms with Crippen molar-refractivity contribution in [2.75, 3.05) is 6.54 Å². The number of ketones is 1. The summed E-state index contributed by atoms with van der Waals surface area (Å²) in [5.74, 6) is 0.0843. The third kappa shape index (κ3) is 2.94. The molecule has 1 saturated heterocycles. The zero-order valence-corrected chi connectivity index (χ0v) is 12.9. The molecule has 1 aromatic rings. The zero-order valence-electron chi connectivity index (χ0n) is 12.9. The van der Waals surface area contributed by atoms with Crippen LogP contribution in [0.15, 0.2) is 24.3 Å². The van der Waals surface area contributed by atoms with Gasteiger partial charge < -0.3 is 10.5 Å². The van der Waals surface area contributed by atoms with E-state index in [0.717, 1.165) is 24.0 Å². The van der Waals surface area contributed by atoms with Gasteiger partial charge in [-0.25, -0.2) is 0 Å². The Bertz CT molecular complexity index is 505. The smallest absolute Gasteiger partial charge is 0.169 e. The summed E-state index contributed by atoms with van der Waals surface area (Å²) < 4.78 is 6.05. The molecule has 1 atom stereocenters. The molecule has 0 bridgehead atoms. The molecule has 0 aromatic heterocycles. The number of carbonyl (C=O) groups excluding carboxylic acids is 1. The zero-order chi connectivity index (χ0) is 15.0. The Labute approximate surface area is 121 Å². The van der Waals surface area contributed by atoms with E-state index in [1.54, 1.807) is 0 Å². The van der Waals surface area contributed by atoms with E-state index < -0.39 is 5.60 Å². The lowest BCUT2D eigenvalue weighted by atomic mass is 9.80. The van der Waals surface area contributed by atoms with Crippen molar-refractivity contribution in [3.05, 3.63) is 35.4 Å². The molecule has 1 aliphatic heterocycles. The lowest BCUT2D eigenvalue weighted by Crippen LogP contribution is -2.34. The van der Waals surface area contributed by atoms with E-state index in [1.165, 1.54) is 0 Å². The first-order valence-corrected chi connectivity index (χ1v) is 7.29. The summed E-state index contributed by atoms with van der Waals surface area (Å²) in [5, 5.41) is 0. The third-order valence-electron chi connectivity index (χ3n) is 4.09. The van der Waals surface area contributed by atoms with Gasteiger partial charge in [0.25, 0.3) is 0 Å². The molecule has 0 spiro atoms. The maximum Gasteiger partial charge on any atom is 0.169 e. The Hall–Kier alpha value is -1.19. The number of hydrogen-bond acceptors (Lipinski definition) is 3. The van der Waals surface area contributed by atoms with E-state index in [1.807, 2.05) is 52.0 Å². The van der Waals surface area contributed by atoms with Gasteiger partial charge in [0, 0.05) is 5.56 Å². The fourth-order valence-electron chi connectivity index (χ4n) is 3.29. The highest BCUT2D eigenvalue weighted by molar-refractivity contribution is 6.00. The summed E-state index contributed by atoms with van der Waals surface area (Å²) in [6.07, 6.45) is 1.50. The van der Waals surface area contributed by atoms with Crippen molar-refractivity contribution in [2.45, 2.75) is 51.7 Å². The van der Waals surface area contributed by atoms with Crippen molar-refractivity contribution in [2.24, 2.45) is 11.7 Å². The van der Waals surface area contributed by atoms with Gasteiger partial charge in [-0.3, -0.25) is 4.79 Å². The Morgan fingerprint density at radius 2 is 1.95 bits per heavy atom. The number of ether oxygens (including phenoxy) is 1. The van der Waals surface area contributed by atoms with E-state index in [0.29, 0.717) is 6.54 Å². The number of carbonyl (C=O) groups is 1. The predicted molar refractivity (Wildman–Crippen MR) is 80.9 cm³/mol. The molecule has 0 radical (unpaired) electrons. The minimum absolute atomic E-state index is 0.101. The van der Waals surface area contributed by atoms with Gasteiger partial charge in [0.05, 0.1) is 17.1 Å². The lowest BCUT2D eigenvalue weighted by Gasteiger charge is -2.27. The molecule has 3 nitrogen and oxygen atoms in total. The summed E-state index contributed by atoms with van der Waals surface area (Å²) in [4.78, 5) is 12.9. The fraction of sp³-hybridized carbons (Fsp3) is 0.588. The van der Waals surface area contributed by atoms with Crippen LogP contribution in [0.2, 0.25) is 0 Å². The number of hydrogen-bond donors (Lipinski definition) is 1. The van der Waals surface area contributed by atoms with Crippen LogP contribution < -0.4 is 5.73 Å². The molecule has 2 N–H and O–H groups in total. The van der Waals surface area contributed by atoms with Crippen LogP contribution in [-0.2, 0) is 11.2 Å². The van der Waals surface area contributed by atoms with Crippen molar-refractivity contribution in [3.63, 3.8) is 0 Å². The van der Waals surface area contributed by atoms with Crippen molar-refractivity contribution in [1.82, 2.24) is 0 Å². The van der Waals surface area contributed by atoms with E-state index in [-0.39, 0.29) is 17.3 Å². The van der Waals surface area contributed by atoms with E-state index >= 15 is 0 Å². The molecule has 0 amide bonds. The molecule has 0 saturated carbocycles. The predicted octanol–water partition coefficient (Wildman–Crippen LogP) is 2.96. The van der Waals surface area contributed by atoms with Crippen molar-refractivity contribution >= 4 is 5.78 Å². The van der Waals surface area contributed by atoms with Crippen molar-refractivity contribution in [1.29, 1.82) is 0 Å². The first kappa shape index (κ1) is 15.2. The van der Waals surface area contributed by atoms with Crippen LogP contribution in [0.5, 0.6) is 0 Å². The minimum Gasteiger partial charge on any atom is -0.369 e. The van der Waals surface area contributed by atoms with Gasteiger partial charge in [-0.05, 0) is 52.6 Å². The van der Waals surface area contributed by atoms with E-state index in [2.05, 4.69) is 0 Å². The fourth-order valence-corrected chi connectivity index (χ4v) is 3.29. The first-order chi connectivity index (χ1) is 9.27. The third-order valence-corrected chi connectivity index (χ3v) is 4.09. The molecule has 1 aromatic carbocycles. The second-order valence-electron chi connectivity index (χ2n) is 6.78. The summed E-state index contributed by atoms with van der Waals surface area (Å²) in [5.41, 5.74) is 6.82. The Kier molecular flexibility index (Phi) is 4.03. The van der Waals surface area contributed by atoms with Crippen molar-refractivity contribution in [3.8, 4) is 0 Å². The Morgan fingerprint density at radius 1 is 1.30 bits per heavy atom. The number of nitrogens with two attached hydrogens (primary N) is 1. The highest BCUT2D eigenvalue weighted by Gasteiger charge is 2.49. The van der Waals surface area contributed by atoms with Gasteiger partial charge in [-0.2, -0.15) is 0 Å². The van der Waals surface area contributed by atoms with Crippen LogP contribution in [0.4, 0.5) is 0 Å². The number of rotatable bonds is 4. The molecule has 2 rings (SSSR count). The standard InChI is InChI=1S/C17H25NO2/c1-16(2)11-14(17(3,4)20-16)15(19)13-8-6-5-7-12(13)9-10-18/h5-8,14H,9-11,18H2,1-4H3. The quantitative estimate of drug-likeness (QED) is 0.859. The molecule has 1 heterocycles. The van der Waals surface area contributed by atoms with Crippen LogP contribution in [-0.4, -0.2) is 23.5 Å². The topological polar surface area (TPSA) is 52.3 Å². The molecule has 0 aliphatic carbocycles. The van der Waals surface area contributed by atoms with Gasteiger partial charge in [-0.15, -0.1) is 0 Å². The number of Topliss-reactive ketones (excluding diaryl/α,β-unsaturated/α-hetero) is 1. The van der Waals surface area contributed by atoms with Gasteiger partial charge in [-0.1, -0.05) is 24.3 Å². The van der Waals surface area contributed by atoms with Gasteiger partial charge in [0.1, 0.15) is 0 Å². The van der Waals surface area contributed by atoms with Crippen molar-refractivity contribution < 1.29 is 9.53 Å². The maximum atomic E-state index is 12.9. The lowest BCUT2D eigenvalue weighted by molar-refractivity contribution is -0.0712. The van der Waals surface area contributed by atoms with Crippen LogP contribution >= 0.6 is 0 Å². The largest absolute Gasteiger partial charge is 0.369 e. The summed E-state index contributed by atoms with van der Waals surface area (Å²) >= 11 is 0. The summed E-state index contributed by atoms with van der Waals surface area (Å²) in [7, 11) is 0. The number of benzene rings is 1. The molecular weight excluding hydrogens is 250 g/mol. The van der Waals surface area contributed by atoms with Crippen LogP contribution in [0.25, 0.3) is 0 Å². The highest BCUT2D eigenvalue weighted by atomic mass is 16.5. The van der Waals surface area contributed by atoms with Crippen LogP contribution in [0.1, 0.15) is 50.0 Å². The SMILES string of the molecule is CC1(C)CC(C(=O)c2ccccc2CCN)C(C)(C)O1. The Balaban J connectivity index is 2.32. The van der Waals surface area contributed by atoms with Gasteiger partial charge >= 0.3 is 0 Å². The normalized spacial score (nSPS) is 23.8. The molecule has 20 heavy (non-hydrogen) atoms. The maximum absolute atomic E-state index is 12.9. The van der Waals surface area contributed by atoms with Crippen LogP contribution in [0.3, 0.4) is 0 Å². The monoisotopic (exact) mass is 275 g/mol. The van der Waals surface area contributed by atoms with E-state index in [9.17, 15) is 4.79 Å². The highest BCUT2D eigenvalue weighted by Crippen LogP contribution is 2.43. The Morgan fingerprint density at radius 3 is 2.50 bits per heavy atom. The molecular formula is C17H25NO2.